The number of alkyl halides is 1. The van der Waals surface area contributed by atoms with Gasteiger partial charge in [0.25, 0.3) is 0 Å². The van der Waals surface area contributed by atoms with E-state index in [0.717, 1.165) is 0 Å². The molecule has 0 atom stereocenters. The number of carboxylic acids is 1. The van der Waals surface area contributed by atoms with E-state index in [9.17, 15) is 4.79 Å². The standard InChI is InChI=1S/C9H5Br2NO2/c10-3-7-5(4-12)1-2-6(8(7)11)9(13)14/h1-2H,3H2,(H,13,14). The lowest BCUT2D eigenvalue weighted by Gasteiger charge is -2.05. The molecule has 0 bridgehead atoms. The summed E-state index contributed by atoms with van der Waals surface area (Å²) >= 11 is 6.38. The summed E-state index contributed by atoms with van der Waals surface area (Å²) in [6.07, 6.45) is 0. The Bertz CT molecular complexity index is 424. The highest BCUT2D eigenvalue weighted by molar-refractivity contribution is 9.10. The van der Waals surface area contributed by atoms with Gasteiger partial charge in [-0.05, 0) is 33.6 Å². The fourth-order valence-electron chi connectivity index (χ4n) is 1.02. The van der Waals surface area contributed by atoms with Crippen molar-refractivity contribution >= 4 is 37.8 Å². The summed E-state index contributed by atoms with van der Waals surface area (Å²) in [6.45, 7) is 0. The Kier molecular flexibility index (Phi) is 3.67. The fraction of sp³-hybridized carbons (Fsp3) is 0.111. The Morgan fingerprint density at radius 2 is 2.21 bits per heavy atom. The molecule has 0 radical (unpaired) electrons. The smallest absolute Gasteiger partial charge is 0.336 e. The van der Waals surface area contributed by atoms with Gasteiger partial charge >= 0.3 is 5.97 Å². The lowest BCUT2D eigenvalue weighted by molar-refractivity contribution is 0.0696. The number of halogens is 2. The lowest BCUT2D eigenvalue weighted by Crippen LogP contribution is -2.01. The zero-order valence-corrected chi connectivity index (χ0v) is 10.1. The topological polar surface area (TPSA) is 61.1 Å². The molecule has 0 unspecified atom stereocenters. The molecule has 0 saturated heterocycles. The summed E-state index contributed by atoms with van der Waals surface area (Å²) in [5.74, 6) is -1.01. The molecule has 1 rings (SSSR count). The average Bonchev–Trinajstić information content (AvgIpc) is 2.16. The molecule has 3 nitrogen and oxygen atoms in total. The van der Waals surface area contributed by atoms with E-state index >= 15 is 0 Å². The van der Waals surface area contributed by atoms with Crippen LogP contribution in [0.3, 0.4) is 0 Å². The molecule has 0 aliphatic carbocycles. The van der Waals surface area contributed by atoms with Gasteiger partial charge in [0, 0.05) is 9.80 Å². The van der Waals surface area contributed by atoms with Gasteiger partial charge in [-0.3, -0.25) is 0 Å². The molecular formula is C9H5Br2NO2. The van der Waals surface area contributed by atoms with Gasteiger partial charge < -0.3 is 5.11 Å². The van der Waals surface area contributed by atoms with E-state index in [1.165, 1.54) is 12.1 Å². The van der Waals surface area contributed by atoms with E-state index < -0.39 is 5.97 Å². The summed E-state index contributed by atoms with van der Waals surface area (Å²) < 4.78 is 0.459. The van der Waals surface area contributed by atoms with Gasteiger partial charge in [-0.1, -0.05) is 15.9 Å². The number of hydrogen-bond donors (Lipinski definition) is 1. The quantitative estimate of drug-likeness (QED) is 0.853. The van der Waals surface area contributed by atoms with E-state index in [1.807, 2.05) is 6.07 Å². The Morgan fingerprint density at radius 3 is 2.64 bits per heavy atom. The highest BCUT2D eigenvalue weighted by atomic mass is 79.9. The number of aromatic carboxylic acids is 1. The summed E-state index contributed by atoms with van der Waals surface area (Å²) in [6, 6.07) is 4.92. The number of carboxylic acid groups (broad SMARTS) is 1. The Hall–Kier alpha value is -0.860. The van der Waals surface area contributed by atoms with Crippen molar-refractivity contribution in [3.05, 3.63) is 33.3 Å². The first kappa shape index (κ1) is 11.2. The van der Waals surface area contributed by atoms with Gasteiger partial charge in [0.15, 0.2) is 0 Å². The first-order valence-corrected chi connectivity index (χ1v) is 5.54. The van der Waals surface area contributed by atoms with Gasteiger partial charge in [0.2, 0.25) is 0 Å². The molecule has 0 fully saturated rings. The van der Waals surface area contributed by atoms with E-state index in [-0.39, 0.29) is 5.56 Å². The summed E-state index contributed by atoms with van der Waals surface area (Å²) in [4.78, 5) is 10.8. The maximum Gasteiger partial charge on any atom is 0.336 e. The van der Waals surface area contributed by atoms with Crippen LogP contribution in [0.5, 0.6) is 0 Å². The molecule has 0 saturated carbocycles. The molecule has 0 aliphatic rings. The number of rotatable bonds is 2. The minimum absolute atomic E-state index is 0.165. The van der Waals surface area contributed by atoms with Crippen LogP contribution in [0.4, 0.5) is 0 Å². The number of nitriles is 1. The average molecular weight is 319 g/mol. The number of hydrogen-bond acceptors (Lipinski definition) is 2. The summed E-state index contributed by atoms with van der Waals surface area (Å²) in [7, 11) is 0. The van der Waals surface area contributed by atoms with Gasteiger partial charge in [-0.25, -0.2) is 4.79 Å². The van der Waals surface area contributed by atoms with Crippen LogP contribution < -0.4 is 0 Å². The van der Waals surface area contributed by atoms with Crippen LogP contribution in [0.2, 0.25) is 0 Å². The molecular weight excluding hydrogens is 314 g/mol. The van der Waals surface area contributed by atoms with E-state index in [2.05, 4.69) is 31.9 Å². The third kappa shape index (κ3) is 1.97. The van der Waals surface area contributed by atoms with Crippen molar-refractivity contribution in [1.82, 2.24) is 0 Å². The van der Waals surface area contributed by atoms with Crippen LogP contribution in [0.15, 0.2) is 16.6 Å². The van der Waals surface area contributed by atoms with Crippen molar-refractivity contribution in [2.24, 2.45) is 0 Å². The molecule has 0 heterocycles. The van der Waals surface area contributed by atoms with Crippen molar-refractivity contribution in [1.29, 1.82) is 5.26 Å². The van der Waals surface area contributed by atoms with E-state index in [4.69, 9.17) is 10.4 Å². The third-order valence-corrected chi connectivity index (χ3v) is 3.19. The summed E-state index contributed by atoms with van der Waals surface area (Å²) in [5.41, 5.74) is 1.30. The zero-order chi connectivity index (χ0) is 10.7. The second-order valence-corrected chi connectivity index (χ2v) is 3.86. The van der Waals surface area contributed by atoms with Gasteiger partial charge in [-0.15, -0.1) is 0 Å². The molecule has 1 aromatic carbocycles. The molecule has 0 amide bonds. The second kappa shape index (κ2) is 4.58. The molecule has 1 aromatic rings. The first-order chi connectivity index (χ1) is 6.61. The third-order valence-electron chi connectivity index (χ3n) is 1.73. The predicted molar refractivity (Wildman–Crippen MR) is 58.4 cm³/mol. The van der Waals surface area contributed by atoms with E-state index in [0.29, 0.717) is 20.9 Å². The largest absolute Gasteiger partial charge is 0.478 e. The Balaban J connectivity index is 3.44. The first-order valence-electron chi connectivity index (χ1n) is 3.62. The number of nitrogens with zero attached hydrogens (tertiary/aromatic N) is 1. The molecule has 0 aromatic heterocycles. The van der Waals surface area contributed by atoms with Crippen LogP contribution in [0, 0.1) is 11.3 Å². The monoisotopic (exact) mass is 317 g/mol. The predicted octanol–water partition coefficient (Wildman–Crippen LogP) is 2.91. The maximum atomic E-state index is 10.8. The van der Waals surface area contributed by atoms with Crippen LogP contribution in [-0.4, -0.2) is 11.1 Å². The summed E-state index contributed by atoms with van der Waals surface area (Å²) in [5, 5.41) is 18.0. The normalized spacial score (nSPS) is 9.50. The van der Waals surface area contributed by atoms with Crippen molar-refractivity contribution in [3.8, 4) is 6.07 Å². The van der Waals surface area contributed by atoms with Crippen LogP contribution in [-0.2, 0) is 5.33 Å². The molecule has 72 valence electrons. The SMILES string of the molecule is N#Cc1ccc(C(=O)O)c(Br)c1CBr. The van der Waals surface area contributed by atoms with Crippen LogP contribution in [0.1, 0.15) is 21.5 Å². The van der Waals surface area contributed by atoms with Crippen molar-refractivity contribution in [2.75, 3.05) is 0 Å². The fourth-order valence-corrected chi connectivity index (χ4v) is 2.64. The highest BCUT2D eigenvalue weighted by Gasteiger charge is 2.14. The highest BCUT2D eigenvalue weighted by Crippen LogP contribution is 2.27. The molecule has 0 aliphatic heterocycles. The van der Waals surface area contributed by atoms with Crippen LogP contribution >= 0.6 is 31.9 Å². The number of benzene rings is 1. The lowest BCUT2D eigenvalue weighted by atomic mass is 10.1. The second-order valence-electron chi connectivity index (χ2n) is 2.50. The minimum atomic E-state index is -1.01. The van der Waals surface area contributed by atoms with Crippen LogP contribution in [0.25, 0.3) is 0 Å². The number of carbonyl (C=O) groups is 1. The van der Waals surface area contributed by atoms with Crippen molar-refractivity contribution in [2.45, 2.75) is 5.33 Å². The van der Waals surface area contributed by atoms with Gasteiger partial charge in [-0.2, -0.15) is 5.26 Å². The Labute approximate surface area is 97.6 Å². The molecule has 14 heavy (non-hydrogen) atoms. The van der Waals surface area contributed by atoms with Crippen molar-refractivity contribution < 1.29 is 9.90 Å². The van der Waals surface area contributed by atoms with Crippen molar-refractivity contribution in [3.63, 3.8) is 0 Å². The zero-order valence-electron chi connectivity index (χ0n) is 6.92. The minimum Gasteiger partial charge on any atom is -0.478 e. The molecule has 0 spiro atoms. The molecule has 5 heteroatoms. The maximum absolute atomic E-state index is 10.8. The van der Waals surface area contributed by atoms with Gasteiger partial charge in [0.05, 0.1) is 17.2 Å². The Morgan fingerprint density at radius 1 is 1.57 bits per heavy atom. The van der Waals surface area contributed by atoms with E-state index in [1.54, 1.807) is 0 Å². The van der Waals surface area contributed by atoms with Gasteiger partial charge in [0.1, 0.15) is 0 Å². The molecule has 1 N–H and O–H groups in total.